The molecule has 10 N–H and O–H groups in total. The Morgan fingerprint density at radius 1 is 1.03 bits per heavy atom. The van der Waals surface area contributed by atoms with Crippen LogP contribution >= 0.6 is 24.4 Å². The third-order valence-electron chi connectivity index (χ3n) is 4.09. The zero-order valence-electron chi connectivity index (χ0n) is 17.7. The van der Waals surface area contributed by atoms with Gasteiger partial charge in [0.15, 0.2) is 5.96 Å². The topological polar surface area (TPSA) is 215 Å². The van der Waals surface area contributed by atoms with Gasteiger partial charge in [0, 0.05) is 12.3 Å². The maximum Gasteiger partial charge on any atom is 0.325 e. The molecule has 0 saturated heterocycles. The van der Waals surface area contributed by atoms with Crippen molar-refractivity contribution in [3.8, 4) is 0 Å². The van der Waals surface area contributed by atoms with Crippen LogP contribution in [0.4, 0.5) is 0 Å². The predicted octanol–water partition coefficient (Wildman–Crippen LogP) is -2.39. The third kappa shape index (κ3) is 12.3. The van der Waals surface area contributed by atoms with Crippen molar-refractivity contribution in [1.82, 2.24) is 16.0 Å². The molecule has 4 unspecified atom stereocenters. The first kappa shape index (κ1) is 28.8. The normalized spacial score (nSPS) is 14.5. The Bertz CT molecular complexity index is 646. The highest BCUT2D eigenvalue weighted by molar-refractivity contribution is 7.98. The van der Waals surface area contributed by atoms with Crippen LogP contribution in [-0.2, 0) is 19.2 Å². The van der Waals surface area contributed by atoms with Gasteiger partial charge in [-0.15, -0.1) is 0 Å². The number of aliphatic imine (C=N–C) groups is 1. The van der Waals surface area contributed by atoms with Crippen molar-refractivity contribution >= 4 is 54.0 Å². The smallest absolute Gasteiger partial charge is 0.325 e. The number of carboxylic acids is 1. The molecule has 12 nitrogen and oxygen atoms in total. The first-order valence-corrected chi connectivity index (χ1v) is 11.6. The molecule has 0 heterocycles. The van der Waals surface area contributed by atoms with Crippen LogP contribution in [-0.4, -0.2) is 83.2 Å². The van der Waals surface area contributed by atoms with Crippen LogP contribution in [0.25, 0.3) is 0 Å². The fourth-order valence-corrected chi connectivity index (χ4v) is 3.00. The highest BCUT2D eigenvalue weighted by Gasteiger charge is 2.28. The maximum atomic E-state index is 12.7. The second kappa shape index (κ2) is 15.6. The zero-order chi connectivity index (χ0) is 24.0. The first-order chi connectivity index (χ1) is 14.5. The molecule has 0 aliphatic carbocycles. The summed E-state index contributed by atoms with van der Waals surface area (Å²) in [4.78, 5) is 52.0. The molecular formula is C17H33N7O5S2. The van der Waals surface area contributed by atoms with Gasteiger partial charge in [0.25, 0.3) is 0 Å². The summed E-state index contributed by atoms with van der Waals surface area (Å²) in [6.07, 6.45) is 2.96. The Kier molecular flexibility index (Phi) is 14.5. The third-order valence-corrected chi connectivity index (χ3v) is 5.10. The molecule has 14 heteroatoms. The Hall–Kier alpha value is -2.19. The van der Waals surface area contributed by atoms with Crippen LogP contribution in [0.2, 0.25) is 0 Å². The number of rotatable bonds is 15. The number of nitrogens with one attached hydrogen (secondary N) is 3. The number of nitrogens with zero attached hydrogens (tertiary/aromatic N) is 1. The Balaban J connectivity index is 4.96. The molecular weight excluding hydrogens is 446 g/mol. The van der Waals surface area contributed by atoms with Crippen LogP contribution < -0.4 is 33.2 Å². The van der Waals surface area contributed by atoms with Crippen molar-refractivity contribution in [2.75, 3.05) is 24.3 Å². The van der Waals surface area contributed by atoms with Crippen molar-refractivity contribution in [2.24, 2.45) is 22.2 Å². The van der Waals surface area contributed by atoms with Gasteiger partial charge in [0.1, 0.15) is 18.1 Å². The monoisotopic (exact) mass is 479 g/mol. The van der Waals surface area contributed by atoms with E-state index in [1.807, 2.05) is 6.26 Å². The van der Waals surface area contributed by atoms with Gasteiger partial charge in [0.05, 0.1) is 6.04 Å². The number of amides is 3. The van der Waals surface area contributed by atoms with Crippen LogP contribution in [0.1, 0.15) is 26.2 Å². The molecule has 4 atom stereocenters. The molecule has 0 aromatic carbocycles. The summed E-state index contributed by atoms with van der Waals surface area (Å²) in [5, 5.41) is 16.3. The van der Waals surface area contributed by atoms with Crippen LogP contribution in [0.3, 0.4) is 0 Å². The summed E-state index contributed by atoms with van der Waals surface area (Å²) in [7, 11) is 0. The van der Waals surface area contributed by atoms with Crippen LogP contribution in [0, 0.1) is 0 Å². The minimum Gasteiger partial charge on any atom is -0.480 e. The van der Waals surface area contributed by atoms with Gasteiger partial charge in [-0.2, -0.15) is 24.4 Å². The van der Waals surface area contributed by atoms with Gasteiger partial charge >= 0.3 is 5.97 Å². The summed E-state index contributed by atoms with van der Waals surface area (Å²) in [6.45, 7) is 1.63. The van der Waals surface area contributed by atoms with Crippen molar-refractivity contribution in [3.63, 3.8) is 0 Å². The van der Waals surface area contributed by atoms with Gasteiger partial charge in [-0.3, -0.25) is 24.2 Å². The Morgan fingerprint density at radius 3 is 2.13 bits per heavy atom. The van der Waals surface area contributed by atoms with E-state index in [9.17, 15) is 19.2 Å². The maximum absolute atomic E-state index is 12.7. The number of carbonyl (C=O) groups excluding carboxylic acids is 3. The molecule has 0 aliphatic heterocycles. The largest absolute Gasteiger partial charge is 0.480 e. The molecule has 0 saturated carbocycles. The van der Waals surface area contributed by atoms with E-state index in [4.69, 9.17) is 22.3 Å². The molecule has 0 bridgehead atoms. The van der Waals surface area contributed by atoms with Crippen molar-refractivity contribution < 1.29 is 24.3 Å². The molecule has 0 fully saturated rings. The highest BCUT2D eigenvalue weighted by Crippen LogP contribution is 2.04. The number of carboxylic acid groups (broad SMARTS) is 1. The number of hydrogen-bond acceptors (Lipinski definition) is 8. The zero-order valence-corrected chi connectivity index (χ0v) is 19.4. The van der Waals surface area contributed by atoms with Gasteiger partial charge in [0.2, 0.25) is 17.7 Å². The van der Waals surface area contributed by atoms with Gasteiger partial charge < -0.3 is 38.3 Å². The highest BCUT2D eigenvalue weighted by atomic mass is 32.2. The first-order valence-electron chi connectivity index (χ1n) is 9.58. The SMILES string of the molecule is CSCCC(NC(=O)C(N)CCCN=C(N)N)C(=O)NC(CS)C(=O)NC(C)C(=O)O. The van der Waals surface area contributed by atoms with Gasteiger partial charge in [-0.25, -0.2) is 0 Å². The Morgan fingerprint density at radius 2 is 1.61 bits per heavy atom. The van der Waals surface area contributed by atoms with Crippen LogP contribution in [0.5, 0.6) is 0 Å². The van der Waals surface area contributed by atoms with E-state index in [1.165, 1.54) is 18.7 Å². The fourth-order valence-electron chi connectivity index (χ4n) is 2.28. The number of aliphatic carboxylic acids is 1. The van der Waals surface area contributed by atoms with E-state index in [0.29, 0.717) is 31.6 Å². The number of thiol groups is 1. The van der Waals surface area contributed by atoms with Crippen molar-refractivity contribution in [2.45, 2.75) is 50.4 Å². The number of hydrogen-bond donors (Lipinski definition) is 8. The molecule has 0 radical (unpaired) electrons. The van der Waals surface area contributed by atoms with E-state index >= 15 is 0 Å². The Labute approximate surface area is 191 Å². The predicted molar refractivity (Wildman–Crippen MR) is 124 cm³/mol. The number of carbonyl (C=O) groups is 4. The minimum absolute atomic E-state index is 0.0487. The molecule has 0 spiro atoms. The second-order valence-corrected chi connectivity index (χ2v) is 8.06. The lowest BCUT2D eigenvalue weighted by molar-refractivity contribution is -0.141. The fraction of sp³-hybridized carbons (Fsp3) is 0.706. The summed E-state index contributed by atoms with van der Waals surface area (Å²) in [5.41, 5.74) is 16.4. The second-order valence-electron chi connectivity index (χ2n) is 6.71. The lowest BCUT2D eigenvalue weighted by Crippen LogP contribution is -2.57. The molecule has 178 valence electrons. The standard InChI is InChI=1S/C17H33N7O5S2/c1-9(16(28)29)22-15(27)12(8-30)24-14(26)11(5-7-31-2)23-13(25)10(18)4-3-6-21-17(19)20/h9-12,30H,3-8,18H2,1-2H3,(H,22,27)(H,23,25)(H,24,26)(H,28,29)(H4,19,20,21). The minimum atomic E-state index is -1.21. The van der Waals surface area contributed by atoms with E-state index in [1.54, 1.807) is 0 Å². The van der Waals surface area contributed by atoms with Gasteiger partial charge in [-0.05, 0) is 38.2 Å². The lowest BCUT2D eigenvalue weighted by atomic mass is 10.1. The van der Waals surface area contributed by atoms with E-state index in [0.717, 1.165) is 0 Å². The van der Waals surface area contributed by atoms with Crippen molar-refractivity contribution in [3.05, 3.63) is 0 Å². The molecule has 3 amide bonds. The lowest BCUT2D eigenvalue weighted by Gasteiger charge is -2.24. The number of guanidine groups is 1. The number of thioether (sulfide) groups is 1. The summed E-state index contributed by atoms with van der Waals surface area (Å²) in [5.74, 6) is -2.54. The molecule has 0 aliphatic rings. The molecule has 0 aromatic heterocycles. The average Bonchev–Trinajstić information content (AvgIpc) is 2.71. The summed E-state index contributed by atoms with van der Waals surface area (Å²) in [6, 6.07) is -3.98. The average molecular weight is 480 g/mol. The van der Waals surface area contributed by atoms with E-state index in [-0.39, 0.29) is 11.7 Å². The van der Waals surface area contributed by atoms with Gasteiger partial charge in [-0.1, -0.05) is 0 Å². The molecule has 31 heavy (non-hydrogen) atoms. The quantitative estimate of drug-likeness (QED) is 0.0543. The van der Waals surface area contributed by atoms with E-state index < -0.39 is 47.9 Å². The summed E-state index contributed by atoms with van der Waals surface area (Å²) < 4.78 is 0. The molecule has 0 aromatic rings. The van der Waals surface area contributed by atoms with E-state index in [2.05, 4.69) is 33.6 Å². The van der Waals surface area contributed by atoms with Crippen molar-refractivity contribution in [1.29, 1.82) is 0 Å². The van der Waals surface area contributed by atoms with Crippen LogP contribution in [0.15, 0.2) is 4.99 Å². The molecule has 0 rings (SSSR count). The number of nitrogens with two attached hydrogens (primary N) is 3. The summed E-state index contributed by atoms with van der Waals surface area (Å²) >= 11 is 5.53.